The molecule has 1 amide bonds. The smallest absolute Gasteiger partial charge is 0.308 e. The molecule has 0 spiro atoms. The van der Waals surface area contributed by atoms with Gasteiger partial charge in [0.15, 0.2) is 0 Å². The number of amides is 1. The molecule has 0 radical (unpaired) electrons. The van der Waals surface area contributed by atoms with Crippen molar-refractivity contribution in [3.8, 4) is 0 Å². The lowest BCUT2D eigenvalue weighted by atomic mass is 10.1. The molecule has 6 heteroatoms. The number of imidazole rings is 1. The number of fused-ring (bicyclic) bond motifs is 1. The molecule has 0 bridgehead atoms. The van der Waals surface area contributed by atoms with E-state index < -0.39 is 11.9 Å². The highest BCUT2D eigenvalue weighted by molar-refractivity contribution is 5.93. The number of rotatable bonds is 5. The minimum atomic E-state index is -0.910. The Morgan fingerprint density at radius 3 is 2.71 bits per heavy atom. The molecule has 0 fully saturated rings. The van der Waals surface area contributed by atoms with E-state index >= 15 is 0 Å². The van der Waals surface area contributed by atoms with Crippen LogP contribution >= 0.6 is 0 Å². The summed E-state index contributed by atoms with van der Waals surface area (Å²) in [6.45, 7) is 5.98. The van der Waals surface area contributed by atoms with E-state index in [9.17, 15) is 9.59 Å². The SMILES string of the molecule is CCN(CC(C)C(=O)O)C(=O)c1cn2c(C)cccc2n1. The quantitative estimate of drug-likeness (QED) is 0.911. The number of aromatic nitrogens is 2. The van der Waals surface area contributed by atoms with E-state index in [1.165, 1.54) is 4.90 Å². The molecule has 2 aromatic heterocycles. The molecule has 6 nitrogen and oxygen atoms in total. The summed E-state index contributed by atoms with van der Waals surface area (Å²) in [5.41, 5.74) is 2.03. The van der Waals surface area contributed by atoms with Crippen molar-refractivity contribution in [1.82, 2.24) is 14.3 Å². The Morgan fingerprint density at radius 1 is 1.43 bits per heavy atom. The number of nitrogens with zero attached hydrogens (tertiary/aromatic N) is 3. The van der Waals surface area contributed by atoms with Crippen molar-refractivity contribution in [1.29, 1.82) is 0 Å². The third-order valence-electron chi connectivity index (χ3n) is 3.50. The lowest BCUT2D eigenvalue weighted by molar-refractivity contribution is -0.141. The monoisotopic (exact) mass is 289 g/mol. The Bertz CT molecular complexity index is 678. The van der Waals surface area contributed by atoms with E-state index in [0.717, 1.165) is 5.69 Å². The van der Waals surface area contributed by atoms with Crippen LogP contribution in [0.3, 0.4) is 0 Å². The van der Waals surface area contributed by atoms with Gasteiger partial charge in [-0.3, -0.25) is 9.59 Å². The predicted molar refractivity (Wildman–Crippen MR) is 78.3 cm³/mol. The molecule has 1 atom stereocenters. The van der Waals surface area contributed by atoms with Crippen LogP contribution in [0.2, 0.25) is 0 Å². The van der Waals surface area contributed by atoms with Crippen LogP contribution in [-0.4, -0.2) is 44.4 Å². The molecule has 21 heavy (non-hydrogen) atoms. The van der Waals surface area contributed by atoms with Crippen molar-refractivity contribution in [2.45, 2.75) is 20.8 Å². The molecule has 0 aliphatic heterocycles. The summed E-state index contributed by atoms with van der Waals surface area (Å²) < 4.78 is 1.85. The summed E-state index contributed by atoms with van der Waals surface area (Å²) in [6, 6.07) is 5.66. The van der Waals surface area contributed by atoms with Crippen LogP contribution in [0.4, 0.5) is 0 Å². The van der Waals surface area contributed by atoms with E-state index in [4.69, 9.17) is 5.11 Å². The van der Waals surface area contributed by atoms with Crippen molar-refractivity contribution >= 4 is 17.5 Å². The molecular weight excluding hydrogens is 270 g/mol. The highest BCUT2D eigenvalue weighted by Crippen LogP contribution is 2.11. The number of carboxylic acid groups (broad SMARTS) is 1. The molecule has 0 saturated carbocycles. The topological polar surface area (TPSA) is 74.9 Å². The van der Waals surface area contributed by atoms with Gasteiger partial charge in [-0.1, -0.05) is 13.0 Å². The van der Waals surface area contributed by atoms with Crippen LogP contribution in [0.15, 0.2) is 24.4 Å². The first kappa shape index (κ1) is 15.0. The number of carboxylic acids is 1. The highest BCUT2D eigenvalue weighted by Gasteiger charge is 2.22. The Balaban J connectivity index is 2.27. The summed E-state index contributed by atoms with van der Waals surface area (Å²) in [5, 5.41) is 8.97. The molecule has 112 valence electrons. The van der Waals surface area contributed by atoms with Gasteiger partial charge in [0.1, 0.15) is 11.3 Å². The van der Waals surface area contributed by atoms with Crippen LogP contribution in [0.1, 0.15) is 30.0 Å². The summed E-state index contributed by atoms with van der Waals surface area (Å²) in [5.74, 6) is -1.76. The van der Waals surface area contributed by atoms with Crippen LogP contribution in [-0.2, 0) is 4.79 Å². The van der Waals surface area contributed by atoms with Gasteiger partial charge in [-0.25, -0.2) is 4.98 Å². The first-order valence-corrected chi connectivity index (χ1v) is 6.90. The number of carbonyl (C=O) groups is 2. The fourth-order valence-electron chi connectivity index (χ4n) is 2.18. The molecule has 2 heterocycles. The minimum absolute atomic E-state index is 0.178. The van der Waals surface area contributed by atoms with E-state index in [0.29, 0.717) is 17.9 Å². The zero-order valence-electron chi connectivity index (χ0n) is 12.4. The second-order valence-corrected chi connectivity index (χ2v) is 5.10. The highest BCUT2D eigenvalue weighted by atomic mass is 16.4. The lowest BCUT2D eigenvalue weighted by Gasteiger charge is -2.21. The van der Waals surface area contributed by atoms with Crippen LogP contribution in [0, 0.1) is 12.8 Å². The lowest BCUT2D eigenvalue weighted by Crippen LogP contribution is -2.36. The Morgan fingerprint density at radius 2 is 2.14 bits per heavy atom. The second-order valence-electron chi connectivity index (χ2n) is 5.10. The normalized spacial score (nSPS) is 12.3. The fourth-order valence-corrected chi connectivity index (χ4v) is 2.18. The van der Waals surface area contributed by atoms with E-state index in [2.05, 4.69) is 4.98 Å². The van der Waals surface area contributed by atoms with Crippen LogP contribution < -0.4 is 0 Å². The summed E-state index contributed by atoms with van der Waals surface area (Å²) in [4.78, 5) is 29.2. The first-order valence-electron chi connectivity index (χ1n) is 6.90. The maximum absolute atomic E-state index is 12.5. The number of aryl methyl sites for hydroxylation is 1. The Kier molecular flexibility index (Phi) is 4.26. The number of hydrogen-bond donors (Lipinski definition) is 1. The fraction of sp³-hybridized carbons (Fsp3) is 0.400. The molecule has 0 aliphatic rings. The standard InChI is InChI=1S/C15H19N3O3/c1-4-17(8-10(2)15(20)21)14(19)12-9-18-11(3)6-5-7-13(18)16-12/h5-7,9-10H,4,8H2,1-3H3,(H,20,21). The average molecular weight is 289 g/mol. The summed E-state index contributed by atoms with van der Waals surface area (Å²) >= 11 is 0. The van der Waals surface area contributed by atoms with Crippen molar-refractivity contribution in [3.63, 3.8) is 0 Å². The maximum atomic E-state index is 12.5. The average Bonchev–Trinajstić information content (AvgIpc) is 2.89. The van der Waals surface area contributed by atoms with Gasteiger partial charge < -0.3 is 14.4 Å². The third-order valence-corrected chi connectivity index (χ3v) is 3.50. The molecule has 0 aromatic carbocycles. The van der Waals surface area contributed by atoms with Gasteiger partial charge in [-0.2, -0.15) is 0 Å². The van der Waals surface area contributed by atoms with Crippen molar-refractivity contribution in [3.05, 3.63) is 35.8 Å². The van der Waals surface area contributed by atoms with Crippen LogP contribution in [0.5, 0.6) is 0 Å². The zero-order chi connectivity index (χ0) is 15.6. The maximum Gasteiger partial charge on any atom is 0.308 e. The molecular formula is C15H19N3O3. The van der Waals surface area contributed by atoms with Crippen LogP contribution in [0.25, 0.3) is 5.65 Å². The van der Waals surface area contributed by atoms with Gasteiger partial charge in [0.05, 0.1) is 5.92 Å². The molecule has 0 aliphatic carbocycles. The predicted octanol–water partition coefficient (Wildman–Crippen LogP) is 1.83. The largest absolute Gasteiger partial charge is 0.481 e. The minimum Gasteiger partial charge on any atom is -0.481 e. The summed E-state index contributed by atoms with van der Waals surface area (Å²) in [7, 11) is 0. The second kappa shape index (κ2) is 5.95. The zero-order valence-corrected chi connectivity index (χ0v) is 12.4. The van der Waals surface area contributed by atoms with Gasteiger partial charge in [-0.05, 0) is 26.0 Å². The van der Waals surface area contributed by atoms with Crippen molar-refractivity contribution in [2.24, 2.45) is 5.92 Å². The Hall–Kier alpha value is -2.37. The molecule has 0 saturated heterocycles. The first-order chi connectivity index (χ1) is 9.93. The molecule has 1 N–H and O–H groups in total. The number of pyridine rings is 1. The van der Waals surface area contributed by atoms with Gasteiger partial charge in [-0.15, -0.1) is 0 Å². The van der Waals surface area contributed by atoms with Crippen molar-refractivity contribution in [2.75, 3.05) is 13.1 Å². The third kappa shape index (κ3) is 3.04. The van der Waals surface area contributed by atoms with E-state index in [1.54, 1.807) is 13.1 Å². The van der Waals surface area contributed by atoms with Gasteiger partial charge >= 0.3 is 5.97 Å². The van der Waals surface area contributed by atoms with Gasteiger partial charge in [0, 0.05) is 25.0 Å². The van der Waals surface area contributed by atoms with E-state index in [-0.39, 0.29) is 12.5 Å². The molecule has 2 rings (SSSR count). The van der Waals surface area contributed by atoms with Gasteiger partial charge in [0.2, 0.25) is 0 Å². The molecule has 2 aromatic rings. The van der Waals surface area contributed by atoms with E-state index in [1.807, 2.05) is 36.4 Å². The molecule has 1 unspecified atom stereocenters. The number of carbonyl (C=O) groups excluding carboxylic acids is 1. The number of hydrogen-bond acceptors (Lipinski definition) is 3. The van der Waals surface area contributed by atoms with Gasteiger partial charge in [0.25, 0.3) is 5.91 Å². The Labute approximate surface area is 123 Å². The summed E-state index contributed by atoms with van der Waals surface area (Å²) in [6.07, 6.45) is 1.70. The van der Waals surface area contributed by atoms with Crippen molar-refractivity contribution < 1.29 is 14.7 Å². The number of aliphatic carboxylic acids is 1.